The number of thiophene rings is 1. The Morgan fingerprint density at radius 3 is 2.68 bits per heavy atom. The van der Waals surface area contributed by atoms with Gasteiger partial charge in [-0.05, 0) is 19.9 Å². The van der Waals surface area contributed by atoms with Crippen molar-refractivity contribution in [1.29, 1.82) is 5.26 Å². The number of amides is 1. The Bertz CT molecular complexity index is 1200. The lowest BCUT2D eigenvalue weighted by atomic mass is 10.0. The van der Waals surface area contributed by atoms with Crippen molar-refractivity contribution in [1.82, 2.24) is 9.97 Å². The molecule has 3 rings (SSSR count). The summed E-state index contributed by atoms with van der Waals surface area (Å²) >= 11 is 8.63. The summed E-state index contributed by atoms with van der Waals surface area (Å²) in [6, 6.07) is 9.20. The Kier molecular flexibility index (Phi) is 7.28. The molecule has 1 N–H and O–H groups in total. The van der Waals surface area contributed by atoms with Crippen LogP contribution in [0, 0.1) is 25.2 Å². The van der Waals surface area contributed by atoms with E-state index in [4.69, 9.17) is 16.3 Å². The summed E-state index contributed by atoms with van der Waals surface area (Å²) in [5, 5.41) is 15.1. The number of hydrogen-bond acceptors (Lipinski definition) is 8. The highest BCUT2D eigenvalue weighted by molar-refractivity contribution is 8.00. The zero-order valence-corrected chi connectivity index (χ0v) is 19.2. The minimum absolute atomic E-state index is 0.00448. The van der Waals surface area contributed by atoms with E-state index in [-0.39, 0.29) is 17.2 Å². The SMILES string of the molecule is COC(=O)c1c(-c2ccccc2Cl)csc1NC(=O)CSc1nc(C)nc(C)c1C#N. The molecule has 31 heavy (non-hydrogen) atoms. The molecule has 1 aromatic carbocycles. The van der Waals surface area contributed by atoms with Crippen LogP contribution in [0.2, 0.25) is 5.02 Å². The second kappa shape index (κ2) is 9.92. The van der Waals surface area contributed by atoms with Gasteiger partial charge in [0.1, 0.15) is 33.0 Å². The molecule has 0 radical (unpaired) electrons. The fourth-order valence-electron chi connectivity index (χ4n) is 2.84. The lowest BCUT2D eigenvalue weighted by Crippen LogP contribution is -2.16. The van der Waals surface area contributed by atoms with E-state index in [1.54, 1.807) is 37.4 Å². The van der Waals surface area contributed by atoms with Crippen molar-refractivity contribution in [2.45, 2.75) is 18.9 Å². The quantitative estimate of drug-likeness (QED) is 0.310. The number of ether oxygens (including phenoxy) is 1. The Morgan fingerprint density at radius 1 is 1.26 bits per heavy atom. The molecule has 0 saturated heterocycles. The maximum Gasteiger partial charge on any atom is 0.341 e. The second-order valence-corrected chi connectivity index (χ2v) is 8.56. The fraction of sp³-hybridized carbons (Fsp3) is 0.190. The Hall–Kier alpha value is -2.93. The van der Waals surface area contributed by atoms with Crippen LogP contribution in [0.3, 0.4) is 0 Å². The van der Waals surface area contributed by atoms with Gasteiger partial charge in [-0.15, -0.1) is 11.3 Å². The predicted molar refractivity (Wildman–Crippen MR) is 122 cm³/mol. The van der Waals surface area contributed by atoms with Gasteiger partial charge < -0.3 is 10.1 Å². The molecule has 0 aliphatic heterocycles. The number of methoxy groups -OCH3 is 1. The molecule has 1 amide bonds. The lowest BCUT2D eigenvalue weighted by molar-refractivity contribution is -0.113. The van der Waals surface area contributed by atoms with E-state index in [9.17, 15) is 14.9 Å². The number of rotatable bonds is 6. The number of nitrogens with zero attached hydrogens (tertiary/aromatic N) is 3. The normalized spacial score (nSPS) is 10.4. The summed E-state index contributed by atoms with van der Waals surface area (Å²) in [6.45, 7) is 3.45. The van der Waals surface area contributed by atoms with E-state index < -0.39 is 5.97 Å². The number of halogens is 1. The van der Waals surface area contributed by atoms with Crippen molar-refractivity contribution in [2.75, 3.05) is 18.2 Å². The van der Waals surface area contributed by atoms with Crippen molar-refractivity contribution in [3.05, 3.63) is 57.3 Å². The van der Waals surface area contributed by atoms with E-state index in [0.29, 0.717) is 43.3 Å². The number of hydrogen-bond donors (Lipinski definition) is 1. The average Bonchev–Trinajstić information content (AvgIpc) is 3.14. The minimum atomic E-state index is -0.576. The molecule has 0 fully saturated rings. The number of benzene rings is 1. The van der Waals surface area contributed by atoms with Crippen LogP contribution in [0.5, 0.6) is 0 Å². The van der Waals surface area contributed by atoms with Crippen molar-refractivity contribution in [3.8, 4) is 17.2 Å². The summed E-state index contributed by atoms with van der Waals surface area (Å²) in [5.74, 6) is -0.395. The molecule has 0 saturated carbocycles. The fourth-order valence-corrected chi connectivity index (χ4v) is 4.92. The number of aromatic nitrogens is 2. The van der Waals surface area contributed by atoms with Crippen LogP contribution in [0.25, 0.3) is 11.1 Å². The van der Waals surface area contributed by atoms with Gasteiger partial charge in [0, 0.05) is 21.5 Å². The molecule has 0 spiro atoms. The molecule has 0 unspecified atom stereocenters. The molecule has 0 bridgehead atoms. The van der Waals surface area contributed by atoms with Crippen LogP contribution in [-0.4, -0.2) is 34.7 Å². The van der Waals surface area contributed by atoms with E-state index in [0.717, 1.165) is 11.8 Å². The number of anilines is 1. The third-order valence-electron chi connectivity index (χ3n) is 4.22. The molecule has 3 aromatic rings. The molecule has 10 heteroatoms. The number of thioether (sulfide) groups is 1. The number of esters is 1. The first-order valence-corrected chi connectivity index (χ1v) is 11.2. The van der Waals surface area contributed by atoms with Crippen LogP contribution in [0.4, 0.5) is 5.00 Å². The first kappa shape index (κ1) is 22.7. The van der Waals surface area contributed by atoms with Gasteiger partial charge in [0.15, 0.2) is 0 Å². The Morgan fingerprint density at radius 2 is 2.00 bits per heavy atom. The highest BCUT2D eigenvalue weighted by Crippen LogP contribution is 2.39. The highest BCUT2D eigenvalue weighted by atomic mass is 35.5. The minimum Gasteiger partial charge on any atom is -0.465 e. The third kappa shape index (κ3) is 5.05. The average molecular weight is 473 g/mol. The van der Waals surface area contributed by atoms with Crippen LogP contribution in [0.1, 0.15) is 27.4 Å². The van der Waals surface area contributed by atoms with Gasteiger partial charge in [-0.3, -0.25) is 4.79 Å². The molecular formula is C21H17ClN4O3S2. The summed E-state index contributed by atoms with van der Waals surface area (Å²) in [6.07, 6.45) is 0. The molecule has 0 aliphatic carbocycles. The van der Waals surface area contributed by atoms with E-state index >= 15 is 0 Å². The zero-order chi connectivity index (χ0) is 22.5. The van der Waals surface area contributed by atoms with Crippen molar-refractivity contribution in [3.63, 3.8) is 0 Å². The standard InChI is InChI=1S/C21H17ClN4O3S2/c1-11-14(8-23)19(25-12(2)24-11)31-10-17(27)26-20-18(21(28)29-3)15(9-30-20)13-6-4-5-7-16(13)22/h4-7,9H,10H2,1-3H3,(H,26,27). The van der Waals surface area contributed by atoms with E-state index in [2.05, 4.69) is 21.4 Å². The lowest BCUT2D eigenvalue weighted by Gasteiger charge is -2.09. The largest absolute Gasteiger partial charge is 0.465 e. The summed E-state index contributed by atoms with van der Waals surface area (Å²) < 4.78 is 4.92. The first-order valence-electron chi connectivity index (χ1n) is 8.98. The van der Waals surface area contributed by atoms with Crippen LogP contribution in [0.15, 0.2) is 34.7 Å². The highest BCUT2D eigenvalue weighted by Gasteiger charge is 2.23. The Balaban J connectivity index is 1.84. The zero-order valence-electron chi connectivity index (χ0n) is 16.9. The van der Waals surface area contributed by atoms with Crippen molar-refractivity contribution < 1.29 is 14.3 Å². The van der Waals surface area contributed by atoms with Gasteiger partial charge in [0.2, 0.25) is 5.91 Å². The smallest absolute Gasteiger partial charge is 0.341 e. The number of aryl methyl sites for hydroxylation is 2. The van der Waals surface area contributed by atoms with Crippen LogP contribution >= 0.6 is 34.7 Å². The predicted octanol–water partition coefficient (Wildman–Crippen LogP) is 4.86. The van der Waals surface area contributed by atoms with E-state index in [1.807, 2.05) is 6.07 Å². The molecule has 0 atom stereocenters. The number of carbonyl (C=O) groups excluding carboxylic acids is 2. The topological polar surface area (TPSA) is 105 Å². The van der Waals surface area contributed by atoms with Gasteiger partial charge in [-0.1, -0.05) is 41.6 Å². The summed E-state index contributed by atoms with van der Waals surface area (Å²) in [7, 11) is 1.28. The van der Waals surface area contributed by atoms with Gasteiger partial charge in [0.05, 0.1) is 18.6 Å². The van der Waals surface area contributed by atoms with Crippen molar-refractivity contribution >= 4 is 51.6 Å². The molecular weight excluding hydrogens is 456 g/mol. The number of nitrogens with one attached hydrogen (secondary N) is 1. The number of nitriles is 1. The summed E-state index contributed by atoms with van der Waals surface area (Å²) in [5.41, 5.74) is 2.40. The van der Waals surface area contributed by atoms with Crippen LogP contribution in [-0.2, 0) is 9.53 Å². The third-order valence-corrected chi connectivity index (χ3v) is 6.42. The maximum absolute atomic E-state index is 12.6. The summed E-state index contributed by atoms with van der Waals surface area (Å²) in [4.78, 5) is 33.5. The number of carbonyl (C=O) groups is 2. The van der Waals surface area contributed by atoms with Crippen molar-refractivity contribution in [2.24, 2.45) is 0 Å². The molecule has 7 nitrogen and oxygen atoms in total. The molecule has 158 valence electrons. The van der Waals surface area contributed by atoms with E-state index in [1.165, 1.54) is 18.4 Å². The Labute approximate surface area is 192 Å². The first-order chi connectivity index (χ1) is 14.8. The molecule has 0 aliphatic rings. The second-order valence-electron chi connectivity index (χ2n) is 6.31. The molecule has 2 heterocycles. The van der Waals surface area contributed by atoms with Gasteiger partial charge >= 0.3 is 5.97 Å². The van der Waals surface area contributed by atoms with Gasteiger partial charge in [-0.2, -0.15) is 5.26 Å². The molecule has 2 aromatic heterocycles. The van der Waals surface area contributed by atoms with Gasteiger partial charge in [-0.25, -0.2) is 14.8 Å². The van der Waals surface area contributed by atoms with Gasteiger partial charge in [0.25, 0.3) is 0 Å². The van der Waals surface area contributed by atoms with Crippen LogP contribution < -0.4 is 5.32 Å². The maximum atomic E-state index is 12.6. The monoisotopic (exact) mass is 472 g/mol.